The summed E-state index contributed by atoms with van der Waals surface area (Å²) in [6.45, 7) is 7.20. The van der Waals surface area contributed by atoms with Crippen LogP contribution in [0.3, 0.4) is 0 Å². The van der Waals surface area contributed by atoms with Crippen LogP contribution in [0.25, 0.3) is 11.2 Å². The third kappa shape index (κ3) is 7.07. The molecule has 0 fully saturated rings. The number of hydrogen-bond donors (Lipinski definition) is 1. The Bertz CT molecular complexity index is 1210. The van der Waals surface area contributed by atoms with E-state index in [1.807, 2.05) is 12.1 Å². The molecule has 3 rings (SSSR count). The number of hydrogen-bond acceptors (Lipinski definition) is 9. The van der Waals surface area contributed by atoms with Crippen molar-refractivity contribution in [2.45, 2.75) is 26.3 Å². The second-order valence-corrected chi connectivity index (χ2v) is 12.2. The highest BCUT2D eigenvalue weighted by Gasteiger charge is 2.40. The molecule has 174 valence electrons. The maximum absolute atomic E-state index is 12.6. The summed E-state index contributed by atoms with van der Waals surface area (Å²) in [5.41, 5.74) is 3.39. The van der Waals surface area contributed by atoms with E-state index < -0.39 is 23.7 Å². The fraction of sp³-hybridized carbons (Fsp3) is 0.350. The second kappa shape index (κ2) is 11.2. The second-order valence-electron chi connectivity index (χ2n) is 7.50. The number of benzene rings is 1. The monoisotopic (exact) mass is 509 g/mol. The van der Waals surface area contributed by atoms with Gasteiger partial charge in [0.15, 0.2) is 30.3 Å². The molecule has 0 bridgehead atoms. The molecule has 3 aromatic rings. The molecule has 0 radical (unpaired) electrons. The number of nitrogens with zero attached hydrogens (tertiary/aromatic N) is 4. The van der Waals surface area contributed by atoms with Gasteiger partial charge < -0.3 is 9.88 Å². The van der Waals surface area contributed by atoms with Crippen molar-refractivity contribution in [3.05, 3.63) is 54.6 Å². The summed E-state index contributed by atoms with van der Waals surface area (Å²) in [7, 11) is -8.10. The van der Waals surface area contributed by atoms with E-state index in [-0.39, 0.29) is 6.16 Å². The maximum Gasteiger partial charge on any atom is 0.513 e. The highest BCUT2D eigenvalue weighted by molar-refractivity contribution is 7.66. The molecule has 0 spiro atoms. The van der Waals surface area contributed by atoms with Gasteiger partial charge in [0.25, 0.3) is 0 Å². The number of rotatable bonds is 11. The lowest BCUT2D eigenvalue weighted by Gasteiger charge is -2.09. The highest BCUT2D eigenvalue weighted by atomic mass is 31.3. The SMILES string of the molecule is CC(C)c1ccc(Nc2ncnc3c2ncn3C/C=C/CP(=O)(O[P+](C)=O)O[P+](C)=O)cc1. The Labute approximate surface area is 194 Å². The zero-order valence-corrected chi connectivity index (χ0v) is 21.5. The van der Waals surface area contributed by atoms with Gasteiger partial charge in [0.1, 0.15) is 6.33 Å². The van der Waals surface area contributed by atoms with Crippen molar-refractivity contribution in [1.82, 2.24) is 19.5 Å². The molecule has 0 aliphatic heterocycles. The number of nitrogens with one attached hydrogen (secondary N) is 1. The van der Waals surface area contributed by atoms with Crippen molar-refractivity contribution in [2.24, 2.45) is 0 Å². The van der Waals surface area contributed by atoms with Gasteiger partial charge in [-0.25, -0.2) is 15.0 Å². The zero-order valence-electron chi connectivity index (χ0n) is 18.8. The van der Waals surface area contributed by atoms with Crippen LogP contribution in [0.4, 0.5) is 11.5 Å². The lowest BCUT2D eigenvalue weighted by atomic mass is 10.0. The first-order valence-corrected chi connectivity index (χ1v) is 15.1. The Kier molecular flexibility index (Phi) is 8.57. The normalized spacial score (nSPS) is 14.6. The minimum atomic E-state index is -3.76. The Morgan fingerprint density at radius 3 is 2.33 bits per heavy atom. The van der Waals surface area contributed by atoms with E-state index in [0.29, 0.717) is 29.4 Å². The van der Waals surface area contributed by atoms with E-state index >= 15 is 0 Å². The van der Waals surface area contributed by atoms with Crippen LogP contribution in [-0.2, 0) is 28.9 Å². The largest absolute Gasteiger partial charge is 0.513 e. The van der Waals surface area contributed by atoms with E-state index in [4.69, 9.17) is 8.62 Å². The Morgan fingerprint density at radius 2 is 1.73 bits per heavy atom. The molecule has 0 saturated heterocycles. The third-order valence-corrected chi connectivity index (χ3v) is 9.01. The number of imidazole rings is 1. The van der Waals surface area contributed by atoms with Crippen LogP contribution in [0, 0.1) is 0 Å². The summed E-state index contributed by atoms with van der Waals surface area (Å²) in [6, 6.07) is 8.15. The number of fused-ring (bicyclic) bond motifs is 1. The van der Waals surface area contributed by atoms with Gasteiger partial charge in [-0.3, -0.25) is 4.57 Å². The van der Waals surface area contributed by atoms with Crippen molar-refractivity contribution < 1.29 is 22.3 Å². The van der Waals surface area contributed by atoms with Crippen molar-refractivity contribution in [3.63, 3.8) is 0 Å². The molecule has 0 amide bonds. The van der Waals surface area contributed by atoms with Crippen LogP contribution in [0.1, 0.15) is 25.3 Å². The van der Waals surface area contributed by atoms with Gasteiger partial charge in [-0.2, -0.15) is 0 Å². The fourth-order valence-corrected chi connectivity index (χ4v) is 7.15. The van der Waals surface area contributed by atoms with Gasteiger partial charge in [0, 0.05) is 12.2 Å². The van der Waals surface area contributed by atoms with Crippen LogP contribution < -0.4 is 5.32 Å². The third-order valence-electron chi connectivity index (χ3n) is 4.52. The first-order valence-electron chi connectivity index (χ1n) is 10.1. The summed E-state index contributed by atoms with van der Waals surface area (Å²) in [5.74, 6) is 1.04. The van der Waals surface area contributed by atoms with Crippen LogP contribution >= 0.6 is 23.7 Å². The lowest BCUT2D eigenvalue weighted by molar-refractivity contribution is 0.397. The first-order chi connectivity index (χ1) is 15.7. The van der Waals surface area contributed by atoms with Crippen molar-refractivity contribution in [2.75, 3.05) is 24.8 Å². The van der Waals surface area contributed by atoms with E-state index in [1.54, 1.807) is 23.0 Å². The van der Waals surface area contributed by atoms with Crippen LogP contribution in [0.2, 0.25) is 0 Å². The molecule has 2 atom stereocenters. The summed E-state index contributed by atoms with van der Waals surface area (Å²) < 4.78 is 46.9. The molecule has 2 heterocycles. The molecular weight excluding hydrogens is 483 g/mol. The predicted molar refractivity (Wildman–Crippen MR) is 130 cm³/mol. The van der Waals surface area contributed by atoms with Crippen LogP contribution in [0.15, 0.2) is 49.1 Å². The lowest BCUT2D eigenvalue weighted by Crippen LogP contribution is -1.99. The minimum Gasteiger partial charge on any atom is -0.338 e. The average molecular weight is 509 g/mol. The molecular formula is C20H26N5O5P3+2. The first kappa shape index (κ1) is 25.3. The van der Waals surface area contributed by atoms with Crippen LogP contribution in [0.5, 0.6) is 0 Å². The quantitative estimate of drug-likeness (QED) is 0.237. The minimum absolute atomic E-state index is 0.155. The van der Waals surface area contributed by atoms with E-state index in [0.717, 1.165) is 5.69 Å². The summed E-state index contributed by atoms with van der Waals surface area (Å²) in [4.78, 5) is 13.1. The summed E-state index contributed by atoms with van der Waals surface area (Å²) in [6.07, 6.45) is 6.24. The number of anilines is 2. The van der Waals surface area contributed by atoms with Gasteiger partial charge in [0.2, 0.25) is 0 Å². The molecule has 0 aliphatic carbocycles. The molecule has 13 heteroatoms. The van der Waals surface area contributed by atoms with E-state index in [9.17, 15) is 13.7 Å². The Hall–Kier alpha value is -2.34. The van der Waals surface area contributed by atoms with Gasteiger partial charge >= 0.3 is 23.7 Å². The summed E-state index contributed by atoms with van der Waals surface area (Å²) in [5, 5.41) is 3.28. The van der Waals surface area contributed by atoms with Gasteiger partial charge in [-0.05, 0) is 32.7 Å². The van der Waals surface area contributed by atoms with Crippen molar-refractivity contribution >= 4 is 46.3 Å². The number of aromatic nitrogens is 4. The molecule has 10 nitrogen and oxygen atoms in total. The predicted octanol–water partition coefficient (Wildman–Crippen LogP) is 6.22. The molecule has 2 aromatic heterocycles. The number of allylic oxidation sites excluding steroid dienone is 2. The molecule has 1 N–H and O–H groups in total. The Morgan fingerprint density at radius 1 is 1.06 bits per heavy atom. The fourth-order valence-electron chi connectivity index (χ4n) is 3.02. The molecule has 0 aliphatic rings. The van der Waals surface area contributed by atoms with Gasteiger partial charge in [-0.1, -0.05) is 46.8 Å². The van der Waals surface area contributed by atoms with Gasteiger partial charge in [-0.15, -0.1) is 0 Å². The smallest absolute Gasteiger partial charge is 0.338 e. The average Bonchev–Trinajstić information content (AvgIpc) is 3.14. The molecule has 0 saturated carbocycles. The molecule has 33 heavy (non-hydrogen) atoms. The highest BCUT2D eigenvalue weighted by Crippen LogP contribution is 2.59. The maximum atomic E-state index is 12.6. The zero-order chi connectivity index (χ0) is 24.0. The van der Waals surface area contributed by atoms with E-state index in [2.05, 4.69) is 46.2 Å². The van der Waals surface area contributed by atoms with E-state index in [1.165, 1.54) is 25.2 Å². The van der Waals surface area contributed by atoms with Crippen molar-refractivity contribution in [3.8, 4) is 0 Å². The summed E-state index contributed by atoms with van der Waals surface area (Å²) >= 11 is 0. The van der Waals surface area contributed by atoms with Crippen LogP contribution in [-0.4, -0.2) is 39.0 Å². The molecule has 2 unspecified atom stereocenters. The topological polar surface area (TPSA) is 125 Å². The molecule has 1 aromatic carbocycles. The van der Waals surface area contributed by atoms with Gasteiger partial charge in [0.05, 0.1) is 12.5 Å². The standard InChI is InChI=1S/C20H26N5O5P3/c1-15(2)16-7-9-17(10-8-16)24-19-18-20(22-13-21-19)25(14-23-18)11-5-6-12-33(28,29-31(3)26)30-32(4)27/h5-10,13-15H,11-12H2,1-4H3,(H,21,22,24)/q+2/b6-5+. The Balaban J connectivity index is 1.72. The van der Waals surface area contributed by atoms with Crippen molar-refractivity contribution in [1.29, 1.82) is 0 Å².